The van der Waals surface area contributed by atoms with Gasteiger partial charge in [0.25, 0.3) is 0 Å². The van der Waals surface area contributed by atoms with Crippen LogP contribution in [-0.2, 0) is 17.6 Å². The standard InChI is InChI=1S/C17H17ClFNO/c18-15-6-5-13(19)9-12(15)10-16(20)17-14-4-2-1-3-11(14)7-8-21-17/h1-6,9,16-17H,7-8,10,20H2. The average Bonchev–Trinajstić information content (AvgIpc) is 2.50. The number of benzene rings is 2. The normalized spacial score (nSPS) is 19.1. The highest BCUT2D eigenvalue weighted by molar-refractivity contribution is 6.31. The summed E-state index contributed by atoms with van der Waals surface area (Å²) < 4.78 is 19.2. The Morgan fingerprint density at radius 2 is 2.10 bits per heavy atom. The minimum absolute atomic E-state index is 0.172. The molecule has 0 spiro atoms. The fraction of sp³-hybridized carbons (Fsp3) is 0.294. The number of halogens is 2. The molecule has 21 heavy (non-hydrogen) atoms. The summed E-state index contributed by atoms with van der Waals surface area (Å²) in [6.45, 7) is 0.659. The second-order valence-corrected chi connectivity index (χ2v) is 5.75. The van der Waals surface area contributed by atoms with Crippen molar-refractivity contribution in [1.29, 1.82) is 0 Å². The molecule has 1 aliphatic rings. The van der Waals surface area contributed by atoms with Gasteiger partial charge < -0.3 is 10.5 Å². The lowest BCUT2D eigenvalue weighted by Gasteiger charge is -2.30. The Balaban J connectivity index is 1.83. The van der Waals surface area contributed by atoms with E-state index in [1.165, 1.54) is 17.7 Å². The maximum absolute atomic E-state index is 13.3. The Morgan fingerprint density at radius 3 is 2.95 bits per heavy atom. The molecule has 2 atom stereocenters. The topological polar surface area (TPSA) is 35.2 Å². The van der Waals surface area contributed by atoms with Crippen LogP contribution >= 0.6 is 11.6 Å². The van der Waals surface area contributed by atoms with Crippen LogP contribution in [0, 0.1) is 5.82 Å². The third kappa shape index (κ3) is 3.10. The monoisotopic (exact) mass is 305 g/mol. The molecule has 0 aromatic heterocycles. The second kappa shape index (κ2) is 6.14. The molecule has 2 unspecified atom stereocenters. The SMILES string of the molecule is NC(Cc1cc(F)ccc1Cl)C1OCCc2ccccc21. The van der Waals surface area contributed by atoms with Gasteiger partial charge in [0.05, 0.1) is 12.7 Å². The van der Waals surface area contributed by atoms with Crippen molar-refractivity contribution in [1.82, 2.24) is 0 Å². The van der Waals surface area contributed by atoms with Crippen LogP contribution in [0.5, 0.6) is 0 Å². The van der Waals surface area contributed by atoms with Gasteiger partial charge in [0, 0.05) is 11.1 Å². The van der Waals surface area contributed by atoms with E-state index in [-0.39, 0.29) is 18.0 Å². The maximum atomic E-state index is 13.3. The molecule has 2 nitrogen and oxygen atoms in total. The van der Waals surface area contributed by atoms with Crippen molar-refractivity contribution in [3.8, 4) is 0 Å². The molecule has 1 heterocycles. The highest BCUT2D eigenvalue weighted by Gasteiger charge is 2.26. The molecule has 3 rings (SSSR count). The van der Waals surface area contributed by atoms with Crippen LogP contribution in [0.4, 0.5) is 4.39 Å². The van der Waals surface area contributed by atoms with E-state index in [9.17, 15) is 4.39 Å². The number of hydrogen-bond acceptors (Lipinski definition) is 2. The number of ether oxygens (including phenoxy) is 1. The van der Waals surface area contributed by atoms with Gasteiger partial charge in [0.15, 0.2) is 0 Å². The molecule has 0 saturated heterocycles. The number of nitrogens with two attached hydrogens (primary N) is 1. The summed E-state index contributed by atoms with van der Waals surface area (Å²) in [5, 5.41) is 0.538. The van der Waals surface area contributed by atoms with Gasteiger partial charge in [-0.3, -0.25) is 0 Å². The molecule has 0 fully saturated rings. The summed E-state index contributed by atoms with van der Waals surface area (Å²) in [7, 11) is 0. The van der Waals surface area contributed by atoms with Crippen molar-refractivity contribution in [2.45, 2.75) is 25.0 Å². The van der Waals surface area contributed by atoms with Gasteiger partial charge in [-0.2, -0.15) is 0 Å². The van der Waals surface area contributed by atoms with E-state index in [0.29, 0.717) is 18.1 Å². The molecule has 0 aliphatic carbocycles. The minimum atomic E-state index is -0.299. The van der Waals surface area contributed by atoms with Gasteiger partial charge in [0.2, 0.25) is 0 Å². The Kier molecular flexibility index (Phi) is 4.24. The van der Waals surface area contributed by atoms with E-state index in [1.807, 2.05) is 18.2 Å². The van der Waals surface area contributed by atoms with Gasteiger partial charge in [-0.15, -0.1) is 0 Å². The van der Waals surface area contributed by atoms with Crippen LogP contribution < -0.4 is 5.73 Å². The number of rotatable bonds is 3. The highest BCUT2D eigenvalue weighted by Crippen LogP contribution is 2.31. The summed E-state index contributed by atoms with van der Waals surface area (Å²) in [5.41, 5.74) is 9.43. The third-order valence-corrected chi connectivity index (χ3v) is 4.25. The first kappa shape index (κ1) is 14.5. The lowest BCUT2D eigenvalue weighted by Crippen LogP contribution is -2.35. The van der Waals surface area contributed by atoms with Crippen LogP contribution in [0.25, 0.3) is 0 Å². The molecule has 0 amide bonds. The van der Waals surface area contributed by atoms with E-state index < -0.39 is 0 Å². The summed E-state index contributed by atoms with van der Waals surface area (Å²) in [4.78, 5) is 0. The largest absolute Gasteiger partial charge is 0.372 e. The van der Waals surface area contributed by atoms with Gasteiger partial charge >= 0.3 is 0 Å². The molecule has 110 valence electrons. The van der Waals surface area contributed by atoms with Crippen molar-refractivity contribution >= 4 is 11.6 Å². The van der Waals surface area contributed by atoms with Crippen LogP contribution in [0.1, 0.15) is 22.8 Å². The Morgan fingerprint density at radius 1 is 1.29 bits per heavy atom. The predicted octanol–water partition coefficient (Wildman–Crippen LogP) is 3.66. The fourth-order valence-electron chi connectivity index (χ4n) is 2.84. The molecular weight excluding hydrogens is 289 g/mol. The first-order valence-electron chi connectivity index (χ1n) is 7.04. The molecule has 2 aromatic carbocycles. The molecule has 1 aliphatic heterocycles. The zero-order valence-electron chi connectivity index (χ0n) is 11.6. The van der Waals surface area contributed by atoms with E-state index in [0.717, 1.165) is 17.5 Å². The van der Waals surface area contributed by atoms with Crippen molar-refractivity contribution in [2.24, 2.45) is 5.73 Å². The Hall–Kier alpha value is -1.42. The lowest BCUT2D eigenvalue weighted by atomic mass is 9.91. The molecular formula is C17H17ClFNO. The third-order valence-electron chi connectivity index (χ3n) is 3.88. The van der Waals surface area contributed by atoms with E-state index in [1.54, 1.807) is 6.07 Å². The van der Waals surface area contributed by atoms with Crippen LogP contribution in [0.15, 0.2) is 42.5 Å². The molecule has 4 heteroatoms. The van der Waals surface area contributed by atoms with E-state index in [4.69, 9.17) is 22.1 Å². The summed E-state index contributed by atoms with van der Waals surface area (Å²) in [6, 6.07) is 12.3. The first-order valence-corrected chi connectivity index (χ1v) is 7.42. The molecule has 0 bridgehead atoms. The van der Waals surface area contributed by atoms with Crippen molar-refractivity contribution < 1.29 is 9.13 Å². The second-order valence-electron chi connectivity index (χ2n) is 5.34. The van der Waals surface area contributed by atoms with Crippen molar-refractivity contribution in [2.75, 3.05) is 6.61 Å². The van der Waals surface area contributed by atoms with Gasteiger partial charge in [-0.1, -0.05) is 35.9 Å². The number of hydrogen-bond donors (Lipinski definition) is 1. The summed E-state index contributed by atoms with van der Waals surface area (Å²) in [5.74, 6) is -0.299. The van der Waals surface area contributed by atoms with Gasteiger partial charge in [-0.25, -0.2) is 4.39 Å². The summed E-state index contributed by atoms with van der Waals surface area (Å²) in [6.07, 6.45) is 1.21. The summed E-state index contributed by atoms with van der Waals surface area (Å²) >= 11 is 6.12. The first-order chi connectivity index (χ1) is 10.1. The molecule has 2 N–H and O–H groups in total. The average molecular weight is 306 g/mol. The Labute approximate surface area is 128 Å². The van der Waals surface area contributed by atoms with Crippen molar-refractivity contribution in [3.63, 3.8) is 0 Å². The minimum Gasteiger partial charge on any atom is -0.372 e. The van der Waals surface area contributed by atoms with Crippen LogP contribution in [0.3, 0.4) is 0 Å². The van der Waals surface area contributed by atoms with Gasteiger partial charge in [0.1, 0.15) is 5.82 Å². The zero-order valence-corrected chi connectivity index (χ0v) is 12.3. The van der Waals surface area contributed by atoms with E-state index >= 15 is 0 Å². The van der Waals surface area contributed by atoms with Gasteiger partial charge in [-0.05, 0) is 47.7 Å². The highest BCUT2D eigenvalue weighted by atomic mass is 35.5. The zero-order chi connectivity index (χ0) is 14.8. The maximum Gasteiger partial charge on any atom is 0.123 e. The quantitative estimate of drug-likeness (QED) is 0.939. The molecule has 0 radical (unpaired) electrons. The van der Waals surface area contributed by atoms with Crippen molar-refractivity contribution in [3.05, 3.63) is 70.0 Å². The van der Waals surface area contributed by atoms with Crippen LogP contribution in [0.2, 0.25) is 5.02 Å². The van der Waals surface area contributed by atoms with Crippen LogP contribution in [-0.4, -0.2) is 12.6 Å². The smallest absolute Gasteiger partial charge is 0.123 e. The predicted molar refractivity (Wildman–Crippen MR) is 81.9 cm³/mol. The van der Waals surface area contributed by atoms with E-state index in [2.05, 4.69) is 6.07 Å². The molecule has 0 saturated carbocycles. The number of fused-ring (bicyclic) bond motifs is 1. The molecule has 2 aromatic rings. The lowest BCUT2D eigenvalue weighted by molar-refractivity contribution is 0.0246. The Bertz CT molecular complexity index is 646. The fourth-order valence-corrected chi connectivity index (χ4v) is 3.03.